The maximum atomic E-state index is 12.3. The van der Waals surface area contributed by atoms with Crippen LogP contribution in [0.3, 0.4) is 0 Å². The topological polar surface area (TPSA) is 102 Å². The standard InChI is InChI=1S/C22H23NO6S2/c1-28-20(24)10-11-30-31-13-19(21(25)26)23-22(27)29-12-18-16-8-4-2-6-14(16)15-7-3-5-9-17(15)18/h2-9,18-19H,10-13H2,1H3,(H,23,27)(H,25,26)/t19-/m0/s1. The molecule has 1 atom stereocenters. The lowest BCUT2D eigenvalue weighted by Gasteiger charge is -2.17. The molecule has 7 nitrogen and oxygen atoms in total. The van der Waals surface area contributed by atoms with Gasteiger partial charge in [0, 0.05) is 17.4 Å². The van der Waals surface area contributed by atoms with Gasteiger partial charge in [-0.05, 0) is 22.3 Å². The molecule has 2 aromatic rings. The zero-order valence-electron chi connectivity index (χ0n) is 16.9. The summed E-state index contributed by atoms with van der Waals surface area (Å²) < 4.78 is 9.96. The molecule has 0 aliphatic heterocycles. The predicted molar refractivity (Wildman–Crippen MR) is 121 cm³/mol. The highest BCUT2D eigenvalue weighted by Gasteiger charge is 2.29. The number of hydrogen-bond donors (Lipinski definition) is 2. The van der Waals surface area contributed by atoms with Crippen LogP contribution in [0.15, 0.2) is 48.5 Å². The van der Waals surface area contributed by atoms with Crippen LogP contribution in [0.5, 0.6) is 0 Å². The largest absolute Gasteiger partial charge is 0.480 e. The zero-order valence-corrected chi connectivity index (χ0v) is 18.5. The molecule has 164 valence electrons. The fourth-order valence-corrected chi connectivity index (χ4v) is 5.49. The van der Waals surface area contributed by atoms with Gasteiger partial charge in [0.25, 0.3) is 0 Å². The lowest BCUT2D eigenvalue weighted by Crippen LogP contribution is -2.43. The third-order valence-corrected chi connectivity index (χ3v) is 7.28. The molecule has 0 unspecified atom stereocenters. The van der Waals surface area contributed by atoms with Crippen LogP contribution in [0.4, 0.5) is 4.79 Å². The van der Waals surface area contributed by atoms with Gasteiger partial charge in [0.15, 0.2) is 0 Å². The van der Waals surface area contributed by atoms with E-state index in [-0.39, 0.29) is 30.7 Å². The Kier molecular flexibility index (Phi) is 8.25. The van der Waals surface area contributed by atoms with E-state index in [0.717, 1.165) is 22.3 Å². The number of hydrogen-bond acceptors (Lipinski definition) is 7. The minimum atomic E-state index is -1.14. The number of alkyl carbamates (subject to hydrolysis) is 1. The molecule has 9 heteroatoms. The quantitative estimate of drug-likeness (QED) is 0.312. The van der Waals surface area contributed by atoms with Gasteiger partial charge in [0.1, 0.15) is 12.6 Å². The van der Waals surface area contributed by atoms with E-state index in [2.05, 4.69) is 10.1 Å². The highest BCUT2D eigenvalue weighted by molar-refractivity contribution is 8.76. The van der Waals surface area contributed by atoms with Crippen LogP contribution < -0.4 is 5.32 Å². The third kappa shape index (κ3) is 5.95. The number of carboxylic acid groups (broad SMARTS) is 1. The first kappa shape index (κ1) is 23.0. The fourth-order valence-electron chi connectivity index (χ4n) is 3.36. The number of nitrogens with one attached hydrogen (secondary N) is 1. The van der Waals surface area contributed by atoms with Crippen molar-refractivity contribution in [2.45, 2.75) is 18.4 Å². The van der Waals surface area contributed by atoms with Gasteiger partial charge in [-0.25, -0.2) is 9.59 Å². The van der Waals surface area contributed by atoms with Crippen molar-refractivity contribution >= 4 is 39.6 Å². The number of ether oxygens (including phenoxy) is 2. The molecule has 2 aromatic carbocycles. The Balaban J connectivity index is 1.52. The molecule has 1 aliphatic rings. The number of esters is 1. The van der Waals surface area contributed by atoms with Crippen LogP contribution in [0, 0.1) is 0 Å². The van der Waals surface area contributed by atoms with Crippen LogP contribution in [0.1, 0.15) is 23.5 Å². The minimum Gasteiger partial charge on any atom is -0.480 e. The molecule has 0 bridgehead atoms. The van der Waals surface area contributed by atoms with E-state index in [1.165, 1.54) is 28.7 Å². The molecular formula is C22H23NO6S2. The molecule has 0 spiro atoms. The number of aliphatic carboxylic acids is 1. The Bertz CT molecular complexity index is 906. The monoisotopic (exact) mass is 461 g/mol. The Morgan fingerprint density at radius 1 is 1.03 bits per heavy atom. The summed E-state index contributed by atoms with van der Waals surface area (Å²) in [5, 5.41) is 11.8. The van der Waals surface area contributed by atoms with Gasteiger partial charge in [-0.15, -0.1) is 0 Å². The van der Waals surface area contributed by atoms with Crippen molar-refractivity contribution in [1.82, 2.24) is 5.32 Å². The van der Waals surface area contributed by atoms with Gasteiger partial charge in [-0.2, -0.15) is 0 Å². The van der Waals surface area contributed by atoms with E-state index >= 15 is 0 Å². The second-order valence-corrected chi connectivity index (χ2v) is 9.42. The number of carbonyl (C=O) groups is 3. The number of benzene rings is 2. The summed E-state index contributed by atoms with van der Waals surface area (Å²) in [5.41, 5.74) is 4.42. The van der Waals surface area contributed by atoms with E-state index in [1.807, 2.05) is 48.5 Å². The summed E-state index contributed by atoms with van der Waals surface area (Å²) in [5.74, 6) is -0.918. The second-order valence-electron chi connectivity index (χ2n) is 6.79. The van der Waals surface area contributed by atoms with E-state index < -0.39 is 18.1 Å². The molecule has 1 amide bonds. The average Bonchev–Trinajstić information content (AvgIpc) is 3.10. The highest BCUT2D eigenvalue weighted by Crippen LogP contribution is 2.44. The van der Waals surface area contributed by atoms with Crippen molar-refractivity contribution < 1.29 is 29.0 Å². The zero-order chi connectivity index (χ0) is 22.2. The molecule has 0 saturated carbocycles. The van der Waals surface area contributed by atoms with Gasteiger partial charge >= 0.3 is 18.0 Å². The third-order valence-electron chi connectivity index (χ3n) is 4.87. The second kappa shape index (κ2) is 11.1. The Labute approximate surface area is 188 Å². The average molecular weight is 462 g/mol. The minimum absolute atomic E-state index is 0.0929. The van der Waals surface area contributed by atoms with Crippen molar-refractivity contribution in [2.24, 2.45) is 0 Å². The SMILES string of the molecule is COC(=O)CCSSC[C@H](NC(=O)OCC1c2ccccc2-c2ccccc21)C(=O)O. The number of fused-ring (bicyclic) bond motifs is 3. The first-order chi connectivity index (χ1) is 15.0. The van der Waals surface area contributed by atoms with Crippen LogP contribution in [0.25, 0.3) is 11.1 Å². The lowest BCUT2D eigenvalue weighted by molar-refractivity contribution is -0.140. The van der Waals surface area contributed by atoms with E-state index in [0.29, 0.717) is 5.75 Å². The molecule has 1 aliphatic carbocycles. The Morgan fingerprint density at radius 2 is 1.65 bits per heavy atom. The van der Waals surface area contributed by atoms with Crippen molar-refractivity contribution in [2.75, 3.05) is 25.2 Å². The van der Waals surface area contributed by atoms with Gasteiger partial charge in [0.05, 0.1) is 13.5 Å². The van der Waals surface area contributed by atoms with E-state index in [1.54, 1.807) is 0 Å². The van der Waals surface area contributed by atoms with Gasteiger partial charge in [-0.3, -0.25) is 4.79 Å². The number of carbonyl (C=O) groups excluding carboxylic acids is 2. The van der Waals surface area contributed by atoms with Crippen molar-refractivity contribution in [3.8, 4) is 11.1 Å². The molecule has 0 heterocycles. The van der Waals surface area contributed by atoms with Crippen molar-refractivity contribution in [1.29, 1.82) is 0 Å². The van der Waals surface area contributed by atoms with Gasteiger partial charge < -0.3 is 19.9 Å². The number of methoxy groups -OCH3 is 1. The highest BCUT2D eigenvalue weighted by atomic mass is 33.1. The number of amides is 1. The summed E-state index contributed by atoms with van der Waals surface area (Å²) >= 11 is 0. The molecule has 0 saturated heterocycles. The van der Waals surface area contributed by atoms with E-state index in [4.69, 9.17) is 4.74 Å². The maximum Gasteiger partial charge on any atom is 0.407 e. The van der Waals surface area contributed by atoms with Gasteiger partial charge in [-0.1, -0.05) is 70.1 Å². The molecule has 0 fully saturated rings. The number of rotatable bonds is 10. The fraction of sp³-hybridized carbons (Fsp3) is 0.318. The van der Waals surface area contributed by atoms with Gasteiger partial charge in [0.2, 0.25) is 0 Å². The molecule has 3 rings (SSSR count). The van der Waals surface area contributed by atoms with Crippen molar-refractivity contribution in [3.63, 3.8) is 0 Å². The molecule has 2 N–H and O–H groups in total. The van der Waals surface area contributed by atoms with Crippen LogP contribution in [0.2, 0.25) is 0 Å². The Hall–Kier alpha value is -2.65. The summed E-state index contributed by atoms with van der Waals surface area (Å²) in [4.78, 5) is 34.8. The lowest BCUT2D eigenvalue weighted by atomic mass is 9.98. The summed E-state index contributed by atoms with van der Waals surface area (Å²) in [7, 11) is 3.93. The molecule has 31 heavy (non-hydrogen) atoms. The van der Waals surface area contributed by atoms with Crippen LogP contribution in [-0.4, -0.2) is 54.4 Å². The smallest absolute Gasteiger partial charge is 0.407 e. The molecule has 0 radical (unpaired) electrons. The first-order valence-electron chi connectivity index (χ1n) is 9.66. The van der Waals surface area contributed by atoms with Crippen LogP contribution >= 0.6 is 21.6 Å². The van der Waals surface area contributed by atoms with Crippen LogP contribution in [-0.2, 0) is 19.1 Å². The summed E-state index contributed by atoms with van der Waals surface area (Å²) in [6.07, 6.45) is -0.527. The maximum absolute atomic E-state index is 12.3. The summed E-state index contributed by atoms with van der Waals surface area (Å²) in [6.45, 7) is 0.118. The normalized spacial score (nSPS) is 13.1. The van der Waals surface area contributed by atoms with Crippen molar-refractivity contribution in [3.05, 3.63) is 59.7 Å². The molecular weight excluding hydrogens is 438 g/mol. The Morgan fingerprint density at radius 3 is 2.23 bits per heavy atom. The van der Waals surface area contributed by atoms with E-state index in [9.17, 15) is 19.5 Å². The first-order valence-corrected chi connectivity index (χ1v) is 12.2. The summed E-state index contributed by atoms with van der Waals surface area (Å²) in [6, 6.07) is 14.9. The predicted octanol–water partition coefficient (Wildman–Crippen LogP) is 3.92. The number of carboxylic acids is 1. The molecule has 0 aromatic heterocycles.